The molecule has 0 spiro atoms. The molecule has 1 aromatic carbocycles. The fourth-order valence-electron chi connectivity index (χ4n) is 2.54. The van der Waals surface area contributed by atoms with E-state index in [0.29, 0.717) is 0 Å². The van der Waals surface area contributed by atoms with Crippen molar-refractivity contribution >= 4 is 28.8 Å². The molecular formula is C13H14N4O2. The largest absolute Gasteiger partial charge is 0.369 e. The molecule has 1 aliphatic rings. The van der Waals surface area contributed by atoms with Crippen molar-refractivity contribution in [3.05, 3.63) is 23.8 Å². The van der Waals surface area contributed by atoms with E-state index < -0.39 is 6.04 Å². The minimum Gasteiger partial charge on any atom is -0.369 e. The van der Waals surface area contributed by atoms with E-state index in [1.807, 2.05) is 25.1 Å². The van der Waals surface area contributed by atoms with Gasteiger partial charge in [-0.25, -0.2) is 4.98 Å². The first-order valence-corrected chi connectivity index (χ1v) is 6.04. The number of fused-ring (bicyclic) bond motifs is 1. The SMILES string of the molecule is Cc1cccc2c1nc(N)n2C1CC(=O)N(C)C1=O. The number of likely N-dealkylation sites (N-methyl/N-ethyl adjacent to an activating group) is 1. The fourth-order valence-corrected chi connectivity index (χ4v) is 2.54. The summed E-state index contributed by atoms with van der Waals surface area (Å²) in [5, 5.41) is 0. The zero-order valence-corrected chi connectivity index (χ0v) is 10.8. The number of hydrogen-bond donors (Lipinski definition) is 1. The van der Waals surface area contributed by atoms with Crippen LogP contribution in [0.5, 0.6) is 0 Å². The smallest absolute Gasteiger partial charge is 0.252 e. The highest BCUT2D eigenvalue weighted by molar-refractivity contribution is 6.05. The number of hydrogen-bond acceptors (Lipinski definition) is 4. The number of nitrogen functional groups attached to an aromatic ring is 1. The molecule has 2 N–H and O–H groups in total. The second-order valence-corrected chi connectivity index (χ2v) is 4.79. The van der Waals surface area contributed by atoms with Crippen molar-refractivity contribution in [1.29, 1.82) is 0 Å². The Balaban J connectivity index is 2.21. The molecule has 98 valence electrons. The number of para-hydroxylation sites is 1. The van der Waals surface area contributed by atoms with Crippen molar-refractivity contribution in [3.63, 3.8) is 0 Å². The fraction of sp³-hybridized carbons (Fsp3) is 0.308. The van der Waals surface area contributed by atoms with E-state index in [-0.39, 0.29) is 24.2 Å². The maximum absolute atomic E-state index is 12.1. The summed E-state index contributed by atoms with van der Waals surface area (Å²) < 4.78 is 1.66. The zero-order valence-electron chi connectivity index (χ0n) is 10.8. The van der Waals surface area contributed by atoms with E-state index in [2.05, 4.69) is 4.98 Å². The summed E-state index contributed by atoms with van der Waals surface area (Å²) in [6.45, 7) is 1.94. The first-order chi connectivity index (χ1) is 9.00. The molecule has 19 heavy (non-hydrogen) atoms. The number of aryl methyl sites for hydroxylation is 1. The summed E-state index contributed by atoms with van der Waals surface area (Å²) in [6.07, 6.45) is 0.138. The van der Waals surface area contributed by atoms with Crippen LogP contribution in [0, 0.1) is 6.92 Å². The highest BCUT2D eigenvalue weighted by atomic mass is 16.2. The third-order valence-corrected chi connectivity index (χ3v) is 3.62. The van der Waals surface area contributed by atoms with E-state index in [9.17, 15) is 9.59 Å². The van der Waals surface area contributed by atoms with E-state index in [0.717, 1.165) is 21.5 Å². The van der Waals surface area contributed by atoms with Crippen molar-refractivity contribution in [3.8, 4) is 0 Å². The predicted octanol–water partition coefficient (Wildman–Crippen LogP) is 0.857. The Morgan fingerprint density at radius 2 is 2.11 bits per heavy atom. The van der Waals surface area contributed by atoms with E-state index in [1.165, 1.54) is 7.05 Å². The molecule has 3 rings (SSSR count). The monoisotopic (exact) mass is 258 g/mol. The van der Waals surface area contributed by atoms with Crippen LogP contribution in [0.15, 0.2) is 18.2 Å². The lowest BCUT2D eigenvalue weighted by Crippen LogP contribution is -2.27. The van der Waals surface area contributed by atoms with Crippen LogP contribution in [-0.2, 0) is 9.59 Å². The molecule has 2 amide bonds. The van der Waals surface area contributed by atoms with Crippen molar-refractivity contribution in [2.45, 2.75) is 19.4 Å². The number of anilines is 1. The van der Waals surface area contributed by atoms with Crippen LogP contribution in [0.25, 0.3) is 11.0 Å². The number of nitrogens with zero attached hydrogens (tertiary/aromatic N) is 3. The molecule has 1 atom stereocenters. The number of carbonyl (C=O) groups is 2. The van der Waals surface area contributed by atoms with E-state index in [4.69, 9.17) is 5.73 Å². The van der Waals surface area contributed by atoms with Crippen molar-refractivity contribution in [2.24, 2.45) is 0 Å². The van der Waals surface area contributed by atoms with Crippen LogP contribution in [0.3, 0.4) is 0 Å². The van der Waals surface area contributed by atoms with Gasteiger partial charge >= 0.3 is 0 Å². The van der Waals surface area contributed by atoms with Gasteiger partial charge in [0.15, 0.2) is 0 Å². The number of rotatable bonds is 1. The van der Waals surface area contributed by atoms with Gasteiger partial charge in [0, 0.05) is 7.05 Å². The van der Waals surface area contributed by atoms with Crippen molar-refractivity contribution < 1.29 is 9.59 Å². The lowest BCUT2D eigenvalue weighted by Gasteiger charge is -2.12. The molecule has 1 saturated heterocycles. The molecule has 1 aromatic heterocycles. The average molecular weight is 258 g/mol. The zero-order chi connectivity index (χ0) is 13.7. The number of benzene rings is 1. The van der Waals surface area contributed by atoms with Crippen molar-refractivity contribution in [2.75, 3.05) is 12.8 Å². The molecule has 1 aliphatic heterocycles. The minimum atomic E-state index is -0.579. The van der Waals surface area contributed by atoms with Gasteiger partial charge in [-0.3, -0.25) is 19.1 Å². The standard InChI is InChI=1S/C13H14N4O2/c1-7-4-3-5-8-11(7)15-13(14)17(8)9-6-10(18)16(2)12(9)19/h3-5,9H,6H2,1-2H3,(H2,14,15). The lowest BCUT2D eigenvalue weighted by atomic mass is 10.2. The van der Waals surface area contributed by atoms with Gasteiger partial charge in [-0.05, 0) is 18.6 Å². The quantitative estimate of drug-likeness (QED) is 0.769. The van der Waals surface area contributed by atoms with Gasteiger partial charge in [0.05, 0.1) is 17.5 Å². The summed E-state index contributed by atoms with van der Waals surface area (Å²) in [4.78, 5) is 29.2. The van der Waals surface area contributed by atoms with Gasteiger partial charge in [-0.15, -0.1) is 0 Å². The number of imidazole rings is 1. The molecule has 6 nitrogen and oxygen atoms in total. The summed E-state index contributed by atoms with van der Waals surface area (Å²) >= 11 is 0. The Hall–Kier alpha value is -2.37. The highest BCUT2D eigenvalue weighted by Crippen LogP contribution is 2.31. The summed E-state index contributed by atoms with van der Waals surface area (Å²) in [6, 6.07) is 5.11. The maximum atomic E-state index is 12.1. The lowest BCUT2D eigenvalue weighted by molar-refractivity contribution is -0.137. The Labute approximate surface area is 109 Å². The second kappa shape index (κ2) is 3.81. The Bertz CT molecular complexity index is 704. The summed E-state index contributed by atoms with van der Waals surface area (Å²) in [5.41, 5.74) is 8.48. The Morgan fingerprint density at radius 1 is 1.37 bits per heavy atom. The number of carbonyl (C=O) groups excluding carboxylic acids is 2. The van der Waals surface area contributed by atoms with Crippen LogP contribution >= 0.6 is 0 Å². The molecule has 1 unspecified atom stereocenters. The molecule has 0 radical (unpaired) electrons. The first-order valence-electron chi connectivity index (χ1n) is 6.04. The van der Waals surface area contributed by atoms with E-state index >= 15 is 0 Å². The number of likely N-dealkylation sites (tertiary alicyclic amines) is 1. The maximum Gasteiger partial charge on any atom is 0.252 e. The first kappa shape index (κ1) is 11.7. The molecule has 0 bridgehead atoms. The van der Waals surface area contributed by atoms with Crippen LogP contribution in [0.4, 0.5) is 5.95 Å². The van der Waals surface area contributed by atoms with Gasteiger partial charge in [0.1, 0.15) is 6.04 Å². The molecule has 2 aromatic rings. The van der Waals surface area contributed by atoms with Crippen LogP contribution in [-0.4, -0.2) is 33.3 Å². The molecular weight excluding hydrogens is 244 g/mol. The normalized spacial score (nSPS) is 19.7. The highest BCUT2D eigenvalue weighted by Gasteiger charge is 2.38. The van der Waals surface area contributed by atoms with Crippen LogP contribution in [0.2, 0.25) is 0 Å². The van der Waals surface area contributed by atoms with Gasteiger partial charge in [0.2, 0.25) is 11.9 Å². The van der Waals surface area contributed by atoms with E-state index in [1.54, 1.807) is 4.57 Å². The number of imide groups is 1. The third-order valence-electron chi connectivity index (χ3n) is 3.62. The second-order valence-electron chi connectivity index (χ2n) is 4.79. The summed E-state index contributed by atoms with van der Waals surface area (Å²) in [7, 11) is 1.49. The topological polar surface area (TPSA) is 81.2 Å². The number of nitrogens with two attached hydrogens (primary N) is 1. The number of amides is 2. The van der Waals surface area contributed by atoms with Crippen molar-refractivity contribution in [1.82, 2.24) is 14.5 Å². The average Bonchev–Trinajstić information content (AvgIpc) is 2.83. The molecule has 2 heterocycles. The Morgan fingerprint density at radius 3 is 2.74 bits per heavy atom. The van der Waals surface area contributed by atoms with Gasteiger partial charge in [-0.2, -0.15) is 0 Å². The van der Waals surface area contributed by atoms with Crippen LogP contribution < -0.4 is 5.73 Å². The molecule has 0 aliphatic carbocycles. The predicted molar refractivity (Wildman–Crippen MR) is 70.3 cm³/mol. The molecule has 1 fully saturated rings. The summed E-state index contributed by atoms with van der Waals surface area (Å²) in [5.74, 6) is -0.160. The molecule has 0 saturated carbocycles. The van der Waals surface area contributed by atoms with Gasteiger partial charge in [-0.1, -0.05) is 12.1 Å². The van der Waals surface area contributed by atoms with Gasteiger partial charge in [0.25, 0.3) is 5.91 Å². The third kappa shape index (κ3) is 1.53. The van der Waals surface area contributed by atoms with Crippen LogP contribution in [0.1, 0.15) is 18.0 Å². The molecule has 6 heteroatoms. The number of aromatic nitrogens is 2. The van der Waals surface area contributed by atoms with Gasteiger partial charge < -0.3 is 5.73 Å². The minimum absolute atomic E-state index is 0.138. The Kier molecular flexibility index (Phi) is 2.35.